The van der Waals surface area contributed by atoms with Crippen LogP contribution in [-0.2, 0) is 0 Å². The highest BCUT2D eigenvalue weighted by molar-refractivity contribution is 5.99. The van der Waals surface area contributed by atoms with Gasteiger partial charge < -0.3 is 35.8 Å². The van der Waals surface area contributed by atoms with Crippen molar-refractivity contribution in [1.29, 1.82) is 0 Å². The van der Waals surface area contributed by atoms with E-state index in [1.807, 2.05) is 6.92 Å². The molecule has 0 aromatic rings. The average molecular weight is 496 g/mol. The van der Waals surface area contributed by atoms with Gasteiger partial charge in [-0.25, -0.2) is 0 Å². The van der Waals surface area contributed by atoms with Gasteiger partial charge in [0.25, 0.3) is 0 Å². The van der Waals surface area contributed by atoms with Crippen molar-refractivity contribution in [1.82, 2.24) is 0 Å². The van der Waals surface area contributed by atoms with Crippen molar-refractivity contribution in [3.8, 4) is 0 Å². The van der Waals surface area contributed by atoms with Gasteiger partial charge in [0.15, 0.2) is 0 Å². The smallest absolute Gasteiger partial charge is 0.0920 e. The summed E-state index contributed by atoms with van der Waals surface area (Å²) in [5, 5.41) is 79.3. The fourth-order valence-electron chi connectivity index (χ4n) is 8.44. The zero-order valence-corrected chi connectivity index (χ0v) is 21.8. The minimum Gasteiger partial charge on any atom is -0.411 e. The van der Waals surface area contributed by atoms with Gasteiger partial charge >= 0.3 is 0 Å². The van der Waals surface area contributed by atoms with Crippen LogP contribution in [0.2, 0.25) is 0 Å². The third kappa shape index (κ3) is 3.99. The van der Waals surface area contributed by atoms with E-state index >= 15 is 0 Å². The summed E-state index contributed by atoms with van der Waals surface area (Å²) in [4.78, 5) is 0. The number of hydrogen-bond donors (Lipinski definition) is 7. The van der Waals surface area contributed by atoms with E-state index in [1.165, 1.54) is 0 Å². The van der Waals surface area contributed by atoms with E-state index in [0.29, 0.717) is 44.2 Å². The SMILES string of the molecule is CC(C)(O)CCC(O)[C@](C)(O)[C@H]1CC[C@@]2(O)C3=CC(=NO)[C@@H]4C[C@@H](O)[C@@H](O)C[C@]4(C)[C@H]3CC[C@]12C. The fourth-order valence-corrected chi connectivity index (χ4v) is 8.44. The van der Waals surface area contributed by atoms with Crippen LogP contribution in [0.1, 0.15) is 86.0 Å². The number of nitrogens with zero attached hydrogens (tertiary/aromatic N) is 1. The number of rotatable bonds is 5. The molecule has 0 heterocycles. The van der Waals surface area contributed by atoms with Crippen LogP contribution >= 0.6 is 0 Å². The van der Waals surface area contributed by atoms with Gasteiger partial charge in [-0.05, 0) is 101 Å². The van der Waals surface area contributed by atoms with Gasteiger partial charge in [0.05, 0.1) is 40.8 Å². The van der Waals surface area contributed by atoms with E-state index in [4.69, 9.17) is 0 Å². The highest BCUT2D eigenvalue weighted by atomic mass is 16.4. The summed E-state index contributed by atoms with van der Waals surface area (Å²) < 4.78 is 0. The Morgan fingerprint density at radius 1 is 1.06 bits per heavy atom. The first-order chi connectivity index (χ1) is 16.0. The van der Waals surface area contributed by atoms with Crippen LogP contribution in [-0.4, -0.2) is 76.7 Å². The number of allylic oxidation sites excluding steroid dienone is 1. The molecule has 8 nitrogen and oxygen atoms in total. The van der Waals surface area contributed by atoms with Crippen molar-refractivity contribution in [3.63, 3.8) is 0 Å². The van der Waals surface area contributed by atoms with E-state index in [9.17, 15) is 35.8 Å². The topological polar surface area (TPSA) is 154 Å². The Hall–Kier alpha value is -1.03. The summed E-state index contributed by atoms with van der Waals surface area (Å²) in [6, 6.07) is 0. The van der Waals surface area contributed by atoms with Crippen molar-refractivity contribution >= 4 is 5.71 Å². The maximum absolute atomic E-state index is 12.3. The molecular weight excluding hydrogens is 450 g/mol. The molecule has 4 rings (SSSR count). The van der Waals surface area contributed by atoms with E-state index in [-0.39, 0.29) is 24.2 Å². The normalized spacial score (nSPS) is 47.3. The number of hydrogen-bond acceptors (Lipinski definition) is 8. The summed E-state index contributed by atoms with van der Waals surface area (Å²) in [5.41, 5.74) is -3.66. The maximum Gasteiger partial charge on any atom is 0.0920 e. The lowest BCUT2D eigenvalue weighted by Crippen LogP contribution is -2.62. The average Bonchev–Trinajstić information content (AvgIpc) is 3.04. The Balaban J connectivity index is 1.70. The monoisotopic (exact) mass is 495 g/mol. The molecule has 0 amide bonds. The first-order valence-corrected chi connectivity index (χ1v) is 13.2. The number of aliphatic hydroxyl groups is 6. The largest absolute Gasteiger partial charge is 0.411 e. The van der Waals surface area contributed by atoms with Crippen LogP contribution in [0.25, 0.3) is 0 Å². The van der Waals surface area contributed by atoms with Crippen LogP contribution in [0.4, 0.5) is 0 Å². The third-order valence-electron chi connectivity index (χ3n) is 10.7. The van der Waals surface area contributed by atoms with Crippen LogP contribution in [0, 0.1) is 28.6 Å². The maximum atomic E-state index is 12.3. The van der Waals surface area contributed by atoms with Gasteiger partial charge in [-0.3, -0.25) is 0 Å². The molecule has 3 saturated carbocycles. The summed E-state index contributed by atoms with van der Waals surface area (Å²) in [7, 11) is 0. The summed E-state index contributed by atoms with van der Waals surface area (Å²) in [6.07, 6.45) is 2.53. The molecule has 7 N–H and O–H groups in total. The van der Waals surface area contributed by atoms with Crippen molar-refractivity contribution in [2.24, 2.45) is 33.7 Å². The Bertz CT molecular complexity index is 894. The molecule has 0 aromatic carbocycles. The van der Waals surface area contributed by atoms with Crippen molar-refractivity contribution in [2.75, 3.05) is 0 Å². The van der Waals surface area contributed by atoms with Crippen LogP contribution in [0.15, 0.2) is 16.8 Å². The lowest BCUT2D eigenvalue weighted by Gasteiger charge is -2.61. The summed E-state index contributed by atoms with van der Waals surface area (Å²) >= 11 is 0. The molecule has 0 saturated heterocycles. The van der Waals surface area contributed by atoms with E-state index < -0.39 is 45.9 Å². The third-order valence-corrected chi connectivity index (χ3v) is 10.7. The zero-order valence-electron chi connectivity index (χ0n) is 21.8. The van der Waals surface area contributed by atoms with Crippen LogP contribution in [0.5, 0.6) is 0 Å². The molecule has 1 unspecified atom stereocenters. The van der Waals surface area contributed by atoms with Gasteiger partial charge in [0, 0.05) is 11.3 Å². The Morgan fingerprint density at radius 2 is 1.71 bits per heavy atom. The predicted molar refractivity (Wildman–Crippen MR) is 131 cm³/mol. The van der Waals surface area contributed by atoms with Crippen molar-refractivity contribution in [3.05, 3.63) is 11.6 Å². The molecule has 0 radical (unpaired) electrons. The molecule has 0 aromatic heterocycles. The predicted octanol–water partition coefficient (Wildman–Crippen LogP) is 2.12. The van der Waals surface area contributed by atoms with E-state index in [0.717, 1.165) is 12.0 Å². The van der Waals surface area contributed by atoms with Gasteiger partial charge in [0.1, 0.15) is 0 Å². The van der Waals surface area contributed by atoms with E-state index in [2.05, 4.69) is 12.1 Å². The van der Waals surface area contributed by atoms with Crippen molar-refractivity contribution < 1.29 is 35.8 Å². The van der Waals surface area contributed by atoms with Gasteiger partial charge in [-0.1, -0.05) is 19.0 Å². The Labute approximate surface area is 208 Å². The lowest BCUT2D eigenvalue weighted by molar-refractivity contribution is -0.172. The Morgan fingerprint density at radius 3 is 2.31 bits per heavy atom. The number of oxime groups is 1. The summed E-state index contributed by atoms with van der Waals surface area (Å²) in [5.74, 6) is -0.656. The lowest BCUT2D eigenvalue weighted by atomic mass is 9.45. The molecule has 0 bridgehead atoms. The Kier molecular flexibility index (Phi) is 6.56. The molecular formula is C27H45NO7. The van der Waals surface area contributed by atoms with Gasteiger partial charge in [0.2, 0.25) is 0 Å². The van der Waals surface area contributed by atoms with Crippen LogP contribution < -0.4 is 0 Å². The molecule has 8 heteroatoms. The minimum atomic E-state index is -1.46. The number of fused-ring (bicyclic) bond motifs is 5. The quantitative estimate of drug-likeness (QED) is 0.228. The zero-order chi connectivity index (χ0) is 26.2. The second-order valence-electron chi connectivity index (χ2n) is 13.3. The minimum absolute atomic E-state index is 0.0537. The highest BCUT2D eigenvalue weighted by Crippen LogP contribution is 2.68. The first kappa shape index (κ1) is 27.0. The molecule has 0 aliphatic heterocycles. The molecule has 4 aliphatic carbocycles. The first-order valence-electron chi connectivity index (χ1n) is 13.2. The van der Waals surface area contributed by atoms with Gasteiger partial charge in [-0.2, -0.15) is 0 Å². The molecule has 4 aliphatic rings. The van der Waals surface area contributed by atoms with Crippen LogP contribution in [0.3, 0.4) is 0 Å². The molecule has 200 valence electrons. The second kappa shape index (κ2) is 8.50. The molecule has 10 atom stereocenters. The highest BCUT2D eigenvalue weighted by Gasteiger charge is 2.68. The second-order valence-corrected chi connectivity index (χ2v) is 13.3. The van der Waals surface area contributed by atoms with Crippen molar-refractivity contribution in [2.45, 2.75) is 121 Å². The fraction of sp³-hybridized carbons (Fsp3) is 0.889. The van der Waals surface area contributed by atoms with Gasteiger partial charge in [-0.15, -0.1) is 0 Å². The summed E-state index contributed by atoms with van der Waals surface area (Å²) in [6.45, 7) is 9.04. The molecule has 3 fully saturated rings. The van der Waals surface area contributed by atoms with E-state index in [1.54, 1.807) is 26.8 Å². The molecule has 0 spiro atoms. The standard InChI is InChI=1S/C27H45NO7/c1-23(2,32)9-8-22(31)26(5,33)21-7-11-27(34)16-12-18(28-35)17-13-19(29)20(30)14-24(17,3)15(16)6-10-25(21,27)4/h12,15,17,19-22,29-35H,6-11,13-14H2,1-5H3/t15-,17-,19+,20-,21-,22?,24+,25+,26+,27+/m0/s1. The molecule has 35 heavy (non-hydrogen) atoms. The number of aliphatic hydroxyl groups excluding tert-OH is 3.